The van der Waals surface area contributed by atoms with Crippen LogP contribution in [0.2, 0.25) is 5.02 Å². The van der Waals surface area contributed by atoms with E-state index in [0.717, 1.165) is 40.8 Å². The summed E-state index contributed by atoms with van der Waals surface area (Å²) in [5, 5.41) is 3.61. The van der Waals surface area contributed by atoms with Gasteiger partial charge in [0, 0.05) is 28.8 Å². The van der Waals surface area contributed by atoms with Crippen LogP contribution >= 0.6 is 34.7 Å². The number of halogens is 1. The Morgan fingerprint density at radius 2 is 2.26 bits per heavy atom. The average molecular weight is 418 g/mol. The molecule has 0 unspecified atom stereocenters. The lowest BCUT2D eigenvalue weighted by molar-refractivity contribution is -0.129. The van der Waals surface area contributed by atoms with Gasteiger partial charge >= 0.3 is 0 Å². The Labute approximate surface area is 172 Å². The van der Waals surface area contributed by atoms with E-state index in [1.54, 1.807) is 17.5 Å². The zero-order valence-corrected chi connectivity index (χ0v) is 17.4. The minimum absolute atomic E-state index is 0.174. The van der Waals surface area contributed by atoms with Crippen molar-refractivity contribution in [1.82, 2.24) is 14.5 Å². The maximum Gasteiger partial charge on any atom is 0.233 e. The van der Waals surface area contributed by atoms with Crippen LogP contribution in [0, 0.1) is 6.92 Å². The standard InChI is InChI=1S/C20H20ClN3OS2/c1-14-15(21)5-2-6-16(14)24-11-9-22-20(24)27-13-19(25)23-10-3-7-17(23)18-8-4-12-26-18/h2,4-6,8-9,11-12,17H,3,7,10,13H2,1H3/t17-/m0/s1. The molecule has 140 valence electrons. The second kappa shape index (κ2) is 8.09. The first-order valence-electron chi connectivity index (χ1n) is 8.89. The fraction of sp³-hybridized carbons (Fsp3) is 0.300. The molecule has 0 bridgehead atoms. The second-order valence-corrected chi connectivity index (χ2v) is 8.84. The largest absolute Gasteiger partial charge is 0.334 e. The van der Waals surface area contributed by atoms with Crippen molar-refractivity contribution in [1.29, 1.82) is 0 Å². The molecule has 1 saturated heterocycles. The van der Waals surface area contributed by atoms with Crippen LogP contribution in [-0.4, -0.2) is 32.7 Å². The summed E-state index contributed by atoms with van der Waals surface area (Å²) < 4.78 is 2.00. The molecular formula is C20H20ClN3OS2. The normalized spacial score (nSPS) is 16.8. The van der Waals surface area contributed by atoms with Crippen molar-refractivity contribution < 1.29 is 4.79 Å². The maximum atomic E-state index is 12.9. The van der Waals surface area contributed by atoms with E-state index in [0.29, 0.717) is 5.75 Å². The van der Waals surface area contributed by atoms with Crippen LogP contribution in [-0.2, 0) is 4.79 Å². The molecule has 2 aromatic heterocycles. The number of hydrogen-bond donors (Lipinski definition) is 0. The van der Waals surface area contributed by atoms with E-state index in [1.165, 1.54) is 16.6 Å². The lowest BCUT2D eigenvalue weighted by Gasteiger charge is -2.23. The predicted molar refractivity (Wildman–Crippen MR) is 112 cm³/mol. The SMILES string of the molecule is Cc1c(Cl)cccc1-n1ccnc1SCC(=O)N1CCC[C@H]1c1cccs1. The van der Waals surface area contributed by atoms with Gasteiger partial charge in [-0.25, -0.2) is 4.98 Å². The highest BCUT2D eigenvalue weighted by molar-refractivity contribution is 7.99. The lowest BCUT2D eigenvalue weighted by Crippen LogP contribution is -2.31. The fourth-order valence-electron chi connectivity index (χ4n) is 3.49. The van der Waals surface area contributed by atoms with E-state index in [1.807, 2.05) is 40.8 Å². The van der Waals surface area contributed by atoms with Crippen LogP contribution < -0.4 is 0 Å². The first kappa shape index (κ1) is 18.6. The van der Waals surface area contributed by atoms with Crippen molar-refractivity contribution in [2.45, 2.75) is 31.0 Å². The third-order valence-electron chi connectivity index (χ3n) is 4.87. The number of thioether (sulfide) groups is 1. The number of nitrogens with zero attached hydrogens (tertiary/aromatic N) is 3. The van der Waals surface area contributed by atoms with Crippen LogP contribution in [0.3, 0.4) is 0 Å². The lowest BCUT2D eigenvalue weighted by atomic mass is 10.2. The van der Waals surface area contributed by atoms with Gasteiger partial charge in [-0.15, -0.1) is 11.3 Å². The molecule has 4 nitrogen and oxygen atoms in total. The first-order valence-corrected chi connectivity index (χ1v) is 11.1. The summed E-state index contributed by atoms with van der Waals surface area (Å²) in [6, 6.07) is 10.2. The number of imidazole rings is 1. The topological polar surface area (TPSA) is 38.1 Å². The van der Waals surface area contributed by atoms with E-state index in [2.05, 4.69) is 22.5 Å². The van der Waals surface area contributed by atoms with Gasteiger partial charge in [0.15, 0.2) is 5.16 Å². The highest BCUT2D eigenvalue weighted by atomic mass is 35.5. The molecule has 0 spiro atoms. The molecule has 1 aliphatic rings. The number of likely N-dealkylation sites (tertiary alicyclic amines) is 1. The zero-order valence-electron chi connectivity index (χ0n) is 15.0. The summed E-state index contributed by atoms with van der Waals surface area (Å²) >= 11 is 9.47. The fourth-order valence-corrected chi connectivity index (χ4v) is 5.38. The van der Waals surface area contributed by atoms with Gasteiger partial charge in [-0.3, -0.25) is 9.36 Å². The molecular weight excluding hydrogens is 398 g/mol. The number of thiophene rings is 1. The summed E-state index contributed by atoms with van der Waals surface area (Å²) in [5.41, 5.74) is 2.00. The summed E-state index contributed by atoms with van der Waals surface area (Å²) in [6.07, 6.45) is 5.79. The van der Waals surface area contributed by atoms with E-state index in [-0.39, 0.29) is 11.9 Å². The van der Waals surface area contributed by atoms with Gasteiger partial charge in [-0.2, -0.15) is 0 Å². The number of benzene rings is 1. The van der Waals surface area contributed by atoms with Crippen molar-refractivity contribution >= 4 is 40.6 Å². The van der Waals surface area contributed by atoms with Crippen LogP contribution in [0.15, 0.2) is 53.3 Å². The Kier molecular flexibility index (Phi) is 5.57. The maximum absolute atomic E-state index is 12.9. The number of amides is 1. The van der Waals surface area contributed by atoms with Crippen molar-refractivity contribution in [3.05, 3.63) is 63.6 Å². The van der Waals surface area contributed by atoms with Crippen LogP contribution in [0.4, 0.5) is 0 Å². The van der Waals surface area contributed by atoms with E-state index in [4.69, 9.17) is 11.6 Å². The molecule has 0 saturated carbocycles. The predicted octanol–water partition coefficient (Wildman–Crippen LogP) is 5.35. The molecule has 1 atom stereocenters. The molecule has 0 N–H and O–H groups in total. The summed E-state index contributed by atoms with van der Waals surface area (Å²) in [7, 11) is 0. The molecule has 0 radical (unpaired) electrons. The number of hydrogen-bond acceptors (Lipinski definition) is 4. The molecule has 1 fully saturated rings. The Morgan fingerprint density at radius 3 is 3.07 bits per heavy atom. The molecule has 3 aromatic rings. The smallest absolute Gasteiger partial charge is 0.233 e. The number of aromatic nitrogens is 2. The summed E-state index contributed by atoms with van der Waals surface area (Å²) in [6.45, 7) is 2.83. The molecule has 1 aliphatic heterocycles. The van der Waals surface area contributed by atoms with E-state index >= 15 is 0 Å². The minimum Gasteiger partial charge on any atom is -0.334 e. The van der Waals surface area contributed by atoms with Crippen molar-refractivity contribution in [2.75, 3.05) is 12.3 Å². The quantitative estimate of drug-likeness (QED) is 0.525. The van der Waals surface area contributed by atoms with Crippen molar-refractivity contribution in [2.24, 2.45) is 0 Å². The third kappa shape index (κ3) is 3.79. The first-order chi connectivity index (χ1) is 13.1. The molecule has 27 heavy (non-hydrogen) atoms. The Bertz CT molecular complexity index is 939. The van der Waals surface area contributed by atoms with E-state index in [9.17, 15) is 4.79 Å². The van der Waals surface area contributed by atoms with Gasteiger partial charge in [-0.1, -0.05) is 35.5 Å². The highest BCUT2D eigenvalue weighted by Crippen LogP contribution is 2.35. The average Bonchev–Trinajstić information content (AvgIpc) is 3.42. The minimum atomic E-state index is 0.174. The van der Waals surface area contributed by atoms with Crippen LogP contribution in [0.1, 0.15) is 29.3 Å². The van der Waals surface area contributed by atoms with Crippen LogP contribution in [0.25, 0.3) is 5.69 Å². The number of carbonyl (C=O) groups is 1. The summed E-state index contributed by atoms with van der Waals surface area (Å²) in [4.78, 5) is 20.6. The van der Waals surface area contributed by atoms with Gasteiger partial charge in [0.25, 0.3) is 0 Å². The van der Waals surface area contributed by atoms with Gasteiger partial charge in [0.1, 0.15) is 0 Å². The van der Waals surface area contributed by atoms with Gasteiger partial charge in [0.05, 0.1) is 17.5 Å². The van der Waals surface area contributed by atoms with Crippen molar-refractivity contribution in [3.8, 4) is 5.69 Å². The molecule has 0 aliphatic carbocycles. The number of rotatable bonds is 5. The molecule has 1 aromatic carbocycles. The van der Waals surface area contributed by atoms with Gasteiger partial charge in [0.2, 0.25) is 5.91 Å². The monoisotopic (exact) mass is 417 g/mol. The molecule has 1 amide bonds. The molecule has 4 rings (SSSR count). The molecule has 3 heterocycles. The van der Waals surface area contributed by atoms with E-state index < -0.39 is 0 Å². The van der Waals surface area contributed by atoms with Crippen LogP contribution in [0.5, 0.6) is 0 Å². The Balaban J connectivity index is 1.48. The molecule has 7 heteroatoms. The van der Waals surface area contributed by atoms with Crippen molar-refractivity contribution in [3.63, 3.8) is 0 Å². The second-order valence-electron chi connectivity index (χ2n) is 6.51. The van der Waals surface area contributed by atoms with Gasteiger partial charge < -0.3 is 4.90 Å². The highest BCUT2D eigenvalue weighted by Gasteiger charge is 2.30. The number of carbonyl (C=O) groups excluding carboxylic acids is 1. The zero-order chi connectivity index (χ0) is 18.8. The third-order valence-corrected chi connectivity index (χ3v) is 7.21. The summed E-state index contributed by atoms with van der Waals surface area (Å²) in [5.74, 6) is 0.562. The van der Waals surface area contributed by atoms with Gasteiger partial charge in [-0.05, 0) is 48.9 Å². The Hall–Kier alpha value is -1.76. The Morgan fingerprint density at radius 1 is 1.37 bits per heavy atom.